The highest BCUT2D eigenvalue weighted by Crippen LogP contribution is 2.30. The van der Waals surface area contributed by atoms with E-state index in [-0.39, 0.29) is 17.3 Å². The van der Waals surface area contributed by atoms with E-state index < -0.39 is 15.9 Å². The number of carbonyl (C=O) groups excluding carboxylic acids is 1. The van der Waals surface area contributed by atoms with Gasteiger partial charge in [0, 0.05) is 18.1 Å². The Balaban J connectivity index is 1.53. The number of nitrogens with one attached hydrogen (secondary N) is 1. The molecule has 162 valence electrons. The van der Waals surface area contributed by atoms with E-state index in [1.165, 1.54) is 11.4 Å². The first-order valence-electron chi connectivity index (χ1n) is 10.0. The molecule has 1 fully saturated rings. The van der Waals surface area contributed by atoms with Crippen molar-refractivity contribution in [2.75, 3.05) is 25.5 Å². The number of methoxy groups -OCH3 is 1. The summed E-state index contributed by atoms with van der Waals surface area (Å²) in [4.78, 5) is 13.1. The van der Waals surface area contributed by atoms with Gasteiger partial charge in [0.15, 0.2) is 0 Å². The number of carbonyl (C=O) groups is 1. The van der Waals surface area contributed by atoms with Crippen LogP contribution in [0.25, 0.3) is 10.8 Å². The predicted octanol–water partition coefficient (Wildman–Crippen LogP) is 4.54. The molecule has 1 heterocycles. The van der Waals surface area contributed by atoms with Gasteiger partial charge in [0.25, 0.3) is 0 Å². The predicted molar refractivity (Wildman–Crippen MR) is 122 cm³/mol. The molecular formula is C23H23ClN2O4S. The Hall–Kier alpha value is -2.61. The largest absolute Gasteiger partial charge is 0.495 e. The van der Waals surface area contributed by atoms with Crippen molar-refractivity contribution in [1.29, 1.82) is 0 Å². The van der Waals surface area contributed by atoms with Gasteiger partial charge in [0.05, 0.1) is 23.6 Å². The topological polar surface area (TPSA) is 75.7 Å². The summed E-state index contributed by atoms with van der Waals surface area (Å²) in [6, 6.07) is 17.7. The summed E-state index contributed by atoms with van der Waals surface area (Å²) < 4.78 is 33.2. The van der Waals surface area contributed by atoms with Gasteiger partial charge in [-0.05, 0) is 53.9 Å². The Morgan fingerprint density at radius 3 is 2.65 bits per heavy atom. The second-order valence-corrected chi connectivity index (χ2v) is 9.92. The van der Waals surface area contributed by atoms with Crippen LogP contribution >= 0.6 is 11.6 Å². The Labute approximate surface area is 186 Å². The number of amides is 1. The number of hydrogen-bond donors (Lipinski definition) is 1. The summed E-state index contributed by atoms with van der Waals surface area (Å²) in [6.45, 7) is 0.517. The van der Waals surface area contributed by atoms with E-state index in [2.05, 4.69) is 5.32 Å². The maximum absolute atomic E-state index is 13.3. The highest BCUT2D eigenvalue weighted by atomic mass is 35.5. The first kappa shape index (κ1) is 21.6. The van der Waals surface area contributed by atoms with Crippen LogP contribution in [-0.4, -0.2) is 38.8 Å². The number of halogens is 1. The van der Waals surface area contributed by atoms with Gasteiger partial charge in [0.1, 0.15) is 5.75 Å². The van der Waals surface area contributed by atoms with Crippen molar-refractivity contribution in [3.8, 4) is 5.75 Å². The quantitative estimate of drug-likeness (QED) is 0.609. The van der Waals surface area contributed by atoms with E-state index in [4.69, 9.17) is 16.3 Å². The van der Waals surface area contributed by atoms with E-state index in [9.17, 15) is 13.2 Å². The summed E-state index contributed by atoms with van der Waals surface area (Å²) in [7, 11) is -2.19. The van der Waals surface area contributed by atoms with Crippen LogP contribution in [0.5, 0.6) is 5.75 Å². The molecule has 6 nitrogen and oxygen atoms in total. The summed E-state index contributed by atoms with van der Waals surface area (Å²) in [5.74, 6) is -0.221. The number of fused-ring (bicyclic) bond motifs is 1. The van der Waals surface area contributed by atoms with Gasteiger partial charge in [-0.25, -0.2) is 8.42 Å². The van der Waals surface area contributed by atoms with Gasteiger partial charge >= 0.3 is 0 Å². The minimum atomic E-state index is -3.70. The number of hydrogen-bond acceptors (Lipinski definition) is 4. The normalized spacial score (nSPS) is 17.4. The lowest BCUT2D eigenvalue weighted by Crippen LogP contribution is -2.43. The standard InChI is InChI=1S/C23H23ClN2O4S/c1-30-22-11-9-19(24)14-21(22)25-23(27)18-7-4-12-26(15-18)31(28,29)20-10-8-16-5-2-3-6-17(16)13-20/h2-3,5-6,8-11,13-14,18H,4,7,12,15H2,1H3,(H,25,27)/t18-/m0/s1. The van der Waals surface area contributed by atoms with Gasteiger partial charge in [-0.1, -0.05) is 41.9 Å². The molecule has 0 spiro atoms. The monoisotopic (exact) mass is 458 g/mol. The van der Waals surface area contributed by atoms with Crippen molar-refractivity contribution in [1.82, 2.24) is 4.31 Å². The molecule has 1 saturated heterocycles. The third-order valence-corrected chi connectivity index (χ3v) is 7.63. The van der Waals surface area contributed by atoms with Crippen LogP contribution < -0.4 is 10.1 Å². The zero-order valence-corrected chi connectivity index (χ0v) is 18.6. The fourth-order valence-electron chi connectivity index (χ4n) is 3.86. The average molecular weight is 459 g/mol. The molecule has 1 aliphatic rings. The van der Waals surface area contributed by atoms with Crippen molar-refractivity contribution >= 4 is 44.0 Å². The average Bonchev–Trinajstić information content (AvgIpc) is 2.79. The lowest BCUT2D eigenvalue weighted by molar-refractivity contribution is -0.120. The smallest absolute Gasteiger partial charge is 0.243 e. The molecule has 0 bridgehead atoms. The van der Waals surface area contributed by atoms with Gasteiger partial charge < -0.3 is 10.1 Å². The van der Waals surface area contributed by atoms with Crippen molar-refractivity contribution < 1.29 is 17.9 Å². The molecule has 3 aromatic rings. The number of benzene rings is 3. The molecule has 8 heteroatoms. The van der Waals surface area contributed by atoms with Crippen LogP contribution in [0.15, 0.2) is 65.6 Å². The van der Waals surface area contributed by atoms with Crippen LogP contribution in [0, 0.1) is 5.92 Å². The Morgan fingerprint density at radius 2 is 1.87 bits per heavy atom. The van der Waals surface area contributed by atoms with Crippen molar-refractivity contribution in [3.63, 3.8) is 0 Å². The van der Waals surface area contributed by atoms with E-state index in [1.54, 1.807) is 30.3 Å². The third kappa shape index (κ3) is 4.54. The summed E-state index contributed by atoms with van der Waals surface area (Å²) in [5.41, 5.74) is 0.467. The fraction of sp³-hybridized carbons (Fsp3) is 0.261. The van der Waals surface area contributed by atoms with E-state index in [0.29, 0.717) is 35.8 Å². The molecule has 1 N–H and O–H groups in total. The van der Waals surface area contributed by atoms with Gasteiger partial charge in [-0.3, -0.25) is 4.79 Å². The molecule has 3 aromatic carbocycles. The van der Waals surface area contributed by atoms with Crippen LogP contribution in [0.3, 0.4) is 0 Å². The number of piperidine rings is 1. The molecule has 0 unspecified atom stereocenters. The molecule has 31 heavy (non-hydrogen) atoms. The number of anilines is 1. The van der Waals surface area contributed by atoms with Crippen LogP contribution in [0.4, 0.5) is 5.69 Å². The third-order valence-electron chi connectivity index (χ3n) is 5.53. The van der Waals surface area contributed by atoms with Crippen LogP contribution in [0.2, 0.25) is 5.02 Å². The molecule has 1 aliphatic heterocycles. The molecule has 0 radical (unpaired) electrons. The number of sulfonamides is 1. The molecule has 1 atom stereocenters. The summed E-state index contributed by atoms with van der Waals surface area (Å²) >= 11 is 6.04. The Kier molecular flexibility index (Phi) is 6.18. The van der Waals surface area contributed by atoms with E-state index >= 15 is 0 Å². The van der Waals surface area contributed by atoms with Gasteiger partial charge in [-0.15, -0.1) is 0 Å². The zero-order chi connectivity index (χ0) is 22.0. The van der Waals surface area contributed by atoms with E-state index in [0.717, 1.165) is 10.8 Å². The molecule has 0 aromatic heterocycles. The number of nitrogens with zero attached hydrogens (tertiary/aromatic N) is 1. The maximum atomic E-state index is 13.3. The minimum Gasteiger partial charge on any atom is -0.495 e. The number of ether oxygens (including phenoxy) is 1. The molecule has 0 aliphatic carbocycles. The molecule has 1 amide bonds. The van der Waals surface area contributed by atoms with Crippen LogP contribution in [-0.2, 0) is 14.8 Å². The lowest BCUT2D eigenvalue weighted by Gasteiger charge is -2.31. The minimum absolute atomic E-state index is 0.129. The first-order chi connectivity index (χ1) is 14.9. The van der Waals surface area contributed by atoms with Crippen molar-refractivity contribution in [3.05, 3.63) is 65.7 Å². The van der Waals surface area contributed by atoms with Gasteiger partial charge in [-0.2, -0.15) is 4.31 Å². The number of rotatable bonds is 5. The molecule has 4 rings (SSSR count). The van der Waals surface area contributed by atoms with Crippen molar-refractivity contribution in [2.45, 2.75) is 17.7 Å². The van der Waals surface area contributed by atoms with Gasteiger partial charge in [0.2, 0.25) is 15.9 Å². The highest BCUT2D eigenvalue weighted by Gasteiger charge is 2.33. The SMILES string of the molecule is COc1ccc(Cl)cc1NC(=O)[C@H]1CCCN(S(=O)(=O)c2ccc3ccccc3c2)C1. The summed E-state index contributed by atoms with van der Waals surface area (Å²) in [6.07, 6.45) is 1.22. The maximum Gasteiger partial charge on any atom is 0.243 e. The Morgan fingerprint density at radius 1 is 1.10 bits per heavy atom. The molecular weight excluding hydrogens is 436 g/mol. The second-order valence-electron chi connectivity index (χ2n) is 7.55. The zero-order valence-electron chi connectivity index (χ0n) is 17.0. The second kappa shape index (κ2) is 8.86. The van der Waals surface area contributed by atoms with Crippen LogP contribution in [0.1, 0.15) is 12.8 Å². The Bertz CT molecular complexity index is 1230. The van der Waals surface area contributed by atoms with Crippen molar-refractivity contribution in [2.24, 2.45) is 5.92 Å². The van der Waals surface area contributed by atoms with E-state index in [1.807, 2.05) is 30.3 Å². The fourth-order valence-corrected chi connectivity index (χ4v) is 5.60. The lowest BCUT2D eigenvalue weighted by atomic mass is 9.98. The first-order valence-corrected chi connectivity index (χ1v) is 11.8. The summed E-state index contributed by atoms with van der Waals surface area (Å²) in [5, 5.41) is 5.15. The molecule has 0 saturated carbocycles. The highest BCUT2D eigenvalue weighted by molar-refractivity contribution is 7.89.